The van der Waals surface area contributed by atoms with Crippen LogP contribution in [0.1, 0.15) is 31.9 Å². The summed E-state index contributed by atoms with van der Waals surface area (Å²) in [6, 6.07) is 5.04. The number of ether oxygens (including phenoxy) is 2. The van der Waals surface area contributed by atoms with Crippen LogP contribution in [0.4, 0.5) is 18.0 Å². The third kappa shape index (κ3) is 5.13. The zero-order valence-electron chi connectivity index (χ0n) is 13.3. The van der Waals surface area contributed by atoms with Crippen LogP contribution < -0.4 is 0 Å². The van der Waals surface area contributed by atoms with E-state index >= 15 is 0 Å². The lowest BCUT2D eigenvalue weighted by atomic mass is 10.1. The number of carbonyl (C=O) groups excluding carboxylic acids is 1. The molecule has 1 aliphatic heterocycles. The van der Waals surface area contributed by atoms with Gasteiger partial charge in [-0.1, -0.05) is 12.1 Å². The Morgan fingerprint density at radius 2 is 1.91 bits per heavy atom. The summed E-state index contributed by atoms with van der Waals surface area (Å²) in [5.41, 5.74) is -0.792. The van der Waals surface area contributed by atoms with Crippen LogP contribution in [0.25, 0.3) is 0 Å². The summed E-state index contributed by atoms with van der Waals surface area (Å²) in [4.78, 5) is 13.2. The summed E-state index contributed by atoms with van der Waals surface area (Å²) in [5, 5.41) is 0. The van der Waals surface area contributed by atoms with E-state index in [0.29, 0.717) is 18.7 Å². The van der Waals surface area contributed by atoms with Gasteiger partial charge < -0.3 is 14.4 Å². The van der Waals surface area contributed by atoms with Gasteiger partial charge in [0.2, 0.25) is 0 Å². The van der Waals surface area contributed by atoms with Gasteiger partial charge in [-0.05, 0) is 38.5 Å². The number of likely N-dealkylation sites (tertiary alicyclic amines) is 1. The van der Waals surface area contributed by atoms with Gasteiger partial charge in [0.05, 0.1) is 31.4 Å². The third-order valence-corrected chi connectivity index (χ3v) is 3.24. The minimum absolute atomic E-state index is 0.0801. The normalized spacial score (nSPS) is 16.2. The molecule has 0 aromatic heterocycles. The number of alkyl halides is 3. The van der Waals surface area contributed by atoms with Gasteiger partial charge in [-0.3, -0.25) is 0 Å². The Hall–Kier alpha value is -1.76. The molecule has 0 saturated carbocycles. The van der Waals surface area contributed by atoms with E-state index < -0.39 is 23.4 Å². The summed E-state index contributed by atoms with van der Waals surface area (Å²) >= 11 is 0. The van der Waals surface area contributed by atoms with Crippen molar-refractivity contribution >= 4 is 6.09 Å². The molecule has 0 spiro atoms. The van der Waals surface area contributed by atoms with Crippen LogP contribution in [-0.4, -0.2) is 35.8 Å². The van der Waals surface area contributed by atoms with E-state index in [-0.39, 0.29) is 12.7 Å². The van der Waals surface area contributed by atoms with Crippen molar-refractivity contribution in [2.45, 2.75) is 45.3 Å². The summed E-state index contributed by atoms with van der Waals surface area (Å²) in [6.07, 6.45) is -4.95. The maximum atomic E-state index is 12.6. The predicted molar refractivity (Wildman–Crippen MR) is 77.8 cm³/mol. The average Bonchev–Trinajstić information content (AvgIpc) is 2.34. The molecule has 1 saturated heterocycles. The topological polar surface area (TPSA) is 38.8 Å². The van der Waals surface area contributed by atoms with Crippen molar-refractivity contribution in [3.63, 3.8) is 0 Å². The van der Waals surface area contributed by atoms with Gasteiger partial charge in [0.15, 0.2) is 0 Å². The lowest BCUT2D eigenvalue weighted by Gasteiger charge is -2.39. The second-order valence-electron chi connectivity index (χ2n) is 6.52. The molecule has 0 atom stereocenters. The zero-order chi connectivity index (χ0) is 17.3. The minimum atomic E-state index is -4.36. The van der Waals surface area contributed by atoms with Gasteiger partial charge in [0.1, 0.15) is 5.60 Å². The van der Waals surface area contributed by atoms with E-state index in [1.54, 1.807) is 26.8 Å². The molecule has 0 bridgehead atoms. The molecule has 1 heterocycles. The molecule has 0 N–H and O–H groups in total. The highest BCUT2D eigenvalue weighted by molar-refractivity contribution is 5.69. The number of halogens is 3. The molecule has 1 aliphatic rings. The molecule has 1 aromatic rings. The Labute approximate surface area is 133 Å². The maximum Gasteiger partial charge on any atom is 0.416 e. The van der Waals surface area contributed by atoms with Crippen LogP contribution in [0.2, 0.25) is 0 Å². The second kappa shape index (κ2) is 6.39. The first-order valence-corrected chi connectivity index (χ1v) is 7.30. The Morgan fingerprint density at radius 1 is 1.26 bits per heavy atom. The van der Waals surface area contributed by atoms with Crippen LogP contribution in [0.5, 0.6) is 0 Å². The molecule has 0 unspecified atom stereocenters. The number of nitrogens with zero attached hydrogens (tertiary/aromatic N) is 1. The van der Waals surface area contributed by atoms with Gasteiger partial charge in [-0.25, -0.2) is 4.79 Å². The molecular weight excluding hydrogens is 311 g/mol. The van der Waals surface area contributed by atoms with E-state index in [1.807, 2.05) is 0 Å². The van der Waals surface area contributed by atoms with E-state index in [0.717, 1.165) is 12.1 Å². The number of hydrogen-bond acceptors (Lipinski definition) is 3. The molecule has 1 aromatic carbocycles. The monoisotopic (exact) mass is 331 g/mol. The fourth-order valence-electron chi connectivity index (χ4n) is 2.07. The Balaban J connectivity index is 1.78. The summed E-state index contributed by atoms with van der Waals surface area (Å²) in [7, 11) is 0. The lowest BCUT2D eigenvalue weighted by molar-refractivity contribution is -0.137. The van der Waals surface area contributed by atoms with Gasteiger partial charge >= 0.3 is 12.3 Å². The van der Waals surface area contributed by atoms with E-state index in [4.69, 9.17) is 9.47 Å². The first kappa shape index (κ1) is 17.6. The van der Waals surface area contributed by atoms with Crippen molar-refractivity contribution in [2.24, 2.45) is 0 Å². The van der Waals surface area contributed by atoms with E-state index in [9.17, 15) is 18.0 Å². The van der Waals surface area contributed by atoms with Crippen LogP contribution in [0, 0.1) is 0 Å². The summed E-state index contributed by atoms with van der Waals surface area (Å²) < 4.78 is 48.6. The predicted octanol–water partition coefficient (Wildman–Crippen LogP) is 3.84. The molecule has 4 nitrogen and oxygen atoms in total. The van der Waals surface area contributed by atoms with Gasteiger partial charge in [0.25, 0.3) is 0 Å². The summed E-state index contributed by atoms with van der Waals surface area (Å²) in [6.45, 7) is 6.20. The molecular formula is C16H20F3NO3. The SMILES string of the molecule is CC(C)(C)OC(=O)N1CC(OCc2cccc(C(F)(F)F)c2)C1. The van der Waals surface area contributed by atoms with Crippen LogP contribution in [0.15, 0.2) is 24.3 Å². The Bertz CT molecular complexity index is 560. The van der Waals surface area contributed by atoms with Crippen molar-refractivity contribution in [2.75, 3.05) is 13.1 Å². The van der Waals surface area contributed by atoms with E-state index in [2.05, 4.69) is 0 Å². The molecule has 0 aliphatic carbocycles. The largest absolute Gasteiger partial charge is 0.444 e. The number of hydrogen-bond donors (Lipinski definition) is 0. The van der Waals surface area contributed by atoms with Crippen LogP contribution in [0.3, 0.4) is 0 Å². The van der Waals surface area contributed by atoms with Gasteiger partial charge in [0, 0.05) is 0 Å². The number of rotatable bonds is 3. The number of carbonyl (C=O) groups is 1. The highest BCUT2D eigenvalue weighted by Crippen LogP contribution is 2.29. The first-order chi connectivity index (χ1) is 10.5. The van der Waals surface area contributed by atoms with E-state index in [1.165, 1.54) is 11.0 Å². The lowest BCUT2D eigenvalue weighted by Crippen LogP contribution is -2.55. The smallest absolute Gasteiger partial charge is 0.416 e. The van der Waals surface area contributed by atoms with Crippen molar-refractivity contribution in [1.29, 1.82) is 0 Å². The molecule has 7 heteroatoms. The maximum absolute atomic E-state index is 12.6. The molecule has 23 heavy (non-hydrogen) atoms. The fraction of sp³-hybridized carbons (Fsp3) is 0.562. The molecule has 128 valence electrons. The summed E-state index contributed by atoms with van der Waals surface area (Å²) in [5.74, 6) is 0. The van der Waals surface area contributed by atoms with Crippen molar-refractivity contribution < 1.29 is 27.4 Å². The zero-order valence-corrected chi connectivity index (χ0v) is 13.3. The van der Waals surface area contributed by atoms with Crippen molar-refractivity contribution in [1.82, 2.24) is 4.90 Å². The molecule has 1 fully saturated rings. The number of benzene rings is 1. The van der Waals surface area contributed by atoms with Crippen molar-refractivity contribution in [3.05, 3.63) is 35.4 Å². The third-order valence-electron chi connectivity index (χ3n) is 3.24. The minimum Gasteiger partial charge on any atom is -0.444 e. The van der Waals surface area contributed by atoms with Gasteiger partial charge in [-0.2, -0.15) is 13.2 Å². The average molecular weight is 331 g/mol. The molecule has 0 radical (unpaired) electrons. The van der Waals surface area contributed by atoms with Gasteiger partial charge in [-0.15, -0.1) is 0 Å². The Kier molecular flexibility index (Phi) is 4.89. The highest BCUT2D eigenvalue weighted by Gasteiger charge is 2.34. The quantitative estimate of drug-likeness (QED) is 0.845. The van der Waals surface area contributed by atoms with Crippen LogP contribution in [-0.2, 0) is 22.3 Å². The number of amides is 1. The Morgan fingerprint density at radius 3 is 2.48 bits per heavy atom. The highest BCUT2D eigenvalue weighted by atomic mass is 19.4. The van der Waals surface area contributed by atoms with Crippen molar-refractivity contribution in [3.8, 4) is 0 Å². The first-order valence-electron chi connectivity index (χ1n) is 7.30. The standard InChI is InChI=1S/C16H20F3NO3/c1-15(2,3)23-14(21)20-8-13(9-20)22-10-11-5-4-6-12(7-11)16(17,18)19/h4-7,13H,8-10H2,1-3H3. The fourth-order valence-corrected chi connectivity index (χ4v) is 2.07. The second-order valence-corrected chi connectivity index (χ2v) is 6.52. The molecule has 2 rings (SSSR count). The molecule has 1 amide bonds. The van der Waals surface area contributed by atoms with Crippen LogP contribution >= 0.6 is 0 Å².